The summed E-state index contributed by atoms with van der Waals surface area (Å²) in [5, 5.41) is 4.41. The Morgan fingerprint density at radius 1 is 1.24 bits per heavy atom. The molecule has 21 heavy (non-hydrogen) atoms. The minimum absolute atomic E-state index is 0.320. The van der Waals surface area contributed by atoms with Gasteiger partial charge < -0.3 is 10.2 Å². The summed E-state index contributed by atoms with van der Waals surface area (Å²) in [4.78, 5) is 2.42. The number of hydrogen-bond acceptors (Lipinski definition) is 2. The molecule has 3 heteroatoms. The van der Waals surface area contributed by atoms with Crippen LogP contribution in [0, 0.1) is 5.41 Å². The third kappa shape index (κ3) is 7.30. The molecule has 2 nitrogen and oxygen atoms in total. The van der Waals surface area contributed by atoms with Crippen molar-refractivity contribution >= 4 is 11.6 Å². The van der Waals surface area contributed by atoms with Gasteiger partial charge in [0.1, 0.15) is 0 Å². The molecular formula is C18H31ClN2. The average molecular weight is 311 g/mol. The quantitative estimate of drug-likeness (QED) is 0.718. The van der Waals surface area contributed by atoms with Gasteiger partial charge >= 0.3 is 0 Å². The second-order valence-electron chi connectivity index (χ2n) is 6.90. The number of rotatable bonds is 9. The van der Waals surface area contributed by atoms with Gasteiger partial charge in [-0.1, -0.05) is 57.8 Å². The van der Waals surface area contributed by atoms with Gasteiger partial charge in [-0.15, -0.1) is 0 Å². The van der Waals surface area contributed by atoms with Crippen LogP contribution < -0.4 is 5.32 Å². The zero-order valence-electron chi connectivity index (χ0n) is 14.2. The molecule has 0 saturated heterocycles. The highest BCUT2D eigenvalue weighted by Gasteiger charge is 2.25. The molecule has 0 saturated carbocycles. The number of hydrogen-bond donors (Lipinski definition) is 1. The normalized spacial score (nSPS) is 14.7. The molecule has 0 aromatic heterocycles. The van der Waals surface area contributed by atoms with Crippen molar-refractivity contribution in [3.05, 3.63) is 34.9 Å². The Hall–Kier alpha value is -0.570. The molecule has 120 valence electrons. The van der Waals surface area contributed by atoms with Crippen LogP contribution in [0.2, 0.25) is 5.02 Å². The highest BCUT2D eigenvalue weighted by molar-refractivity contribution is 6.30. The predicted octanol–water partition coefficient (Wildman–Crippen LogP) is 4.58. The summed E-state index contributed by atoms with van der Waals surface area (Å²) in [5.74, 6) is 0. The standard InChI is InChI=1S/C18H31ClN2/c1-6-11-18(4,13-20-15(2)3)14-21(5)12-16-7-9-17(19)10-8-16/h7-10,15,20H,6,11-14H2,1-5H3. The number of benzene rings is 1. The smallest absolute Gasteiger partial charge is 0.0406 e. The van der Waals surface area contributed by atoms with Crippen molar-refractivity contribution in [2.75, 3.05) is 20.1 Å². The first-order chi connectivity index (χ1) is 9.84. The van der Waals surface area contributed by atoms with Gasteiger partial charge in [0.25, 0.3) is 0 Å². The molecule has 1 atom stereocenters. The minimum atomic E-state index is 0.320. The molecule has 1 unspecified atom stereocenters. The van der Waals surface area contributed by atoms with Crippen LogP contribution in [0.5, 0.6) is 0 Å². The minimum Gasteiger partial charge on any atom is -0.314 e. The van der Waals surface area contributed by atoms with Crippen molar-refractivity contribution in [2.45, 2.75) is 53.1 Å². The van der Waals surface area contributed by atoms with E-state index in [4.69, 9.17) is 11.6 Å². The molecule has 1 aromatic rings. The highest BCUT2D eigenvalue weighted by Crippen LogP contribution is 2.24. The monoisotopic (exact) mass is 310 g/mol. The van der Waals surface area contributed by atoms with E-state index in [0.29, 0.717) is 11.5 Å². The maximum atomic E-state index is 5.94. The molecule has 0 aliphatic heterocycles. The van der Waals surface area contributed by atoms with Crippen LogP contribution in [0.25, 0.3) is 0 Å². The van der Waals surface area contributed by atoms with Crippen LogP contribution in [0.1, 0.15) is 46.1 Å². The molecule has 1 rings (SSSR count). The summed E-state index contributed by atoms with van der Waals surface area (Å²) < 4.78 is 0. The number of halogens is 1. The highest BCUT2D eigenvalue weighted by atomic mass is 35.5. The largest absolute Gasteiger partial charge is 0.314 e. The lowest BCUT2D eigenvalue weighted by atomic mass is 9.84. The molecular weight excluding hydrogens is 280 g/mol. The maximum absolute atomic E-state index is 5.94. The van der Waals surface area contributed by atoms with Crippen LogP contribution in [0.15, 0.2) is 24.3 Å². The summed E-state index contributed by atoms with van der Waals surface area (Å²) in [5.41, 5.74) is 1.64. The van der Waals surface area contributed by atoms with E-state index < -0.39 is 0 Å². The van der Waals surface area contributed by atoms with Gasteiger partial charge in [-0.05, 0) is 36.6 Å². The third-order valence-electron chi connectivity index (χ3n) is 3.81. The molecule has 0 aliphatic rings. The Kier molecular flexibility index (Phi) is 7.72. The fourth-order valence-electron chi connectivity index (χ4n) is 2.89. The SMILES string of the molecule is CCCC(C)(CNC(C)C)CN(C)Cc1ccc(Cl)cc1. The third-order valence-corrected chi connectivity index (χ3v) is 4.06. The van der Waals surface area contributed by atoms with Gasteiger partial charge in [-0.25, -0.2) is 0 Å². The van der Waals surface area contributed by atoms with Gasteiger partial charge in [0.15, 0.2) is 0 Å². The lowest BCUT2D eigenvalue weighted by Crippen LogP contribution is -2.42. The summed E-state index contributed by atoms with van der Waals surface area (Å²) in [6.45, 7) is 12.2. The van der Waals surface area contributed by atoms with Crippen LogP contribution in [-0.4, -0.2) is 31.1 Å². The number of nitrogens with one attached hydrogen (secondary N) is 1. The Bertz CT molecular complexity index is 402. The Labute approximate surface area is 135 Å². The van der Waals surface area contributed by atoms with Crippen LogP contribution in [-0.2, 0) is 6.54 Å². The van der Waals surface area contributed by atoms with E-state index in [9.17, 15) is 0 Å². The molecule has 0 fully saturated rings. The molecule has 0 bridgehead atoms. The molecule has 0 heterocycles. The lowest BCUT2D eigenvalue weighted by molar-refractivity contribution is 0.165. The zero-order valence-corrected chi connectivity index (χ0v) is 15.0. The molecule has 1 N–H and O–H groups in total. The number of nitrogens with zero attached hydrogens (tertiary/aromatic N) is 1. The fourth-order valence-corrected chi connectivity index (χ4v) is 3.01. The van der Waals surface area contributed by atoms with E-state index in [-0.39, 0.29) is 0 Å². The molecule has 0 spiro atoms. The van der Waals surface area contributed by atoms with E-state index in [1.807, 2.05) is 12.1 Å². The maximum Gasteiger partial charge on any atom is 0.0406 e. The van der Waals surface area contributed by atoms with E-state index in [1.54, 1.807) is 0 Å². The lowest BCUT2D eigenvalue weighted by Gasteiger charge is -2.35. The summed E-state index contributed by atoms with van der Waals surface area (Å²) in [6.07, 6.45) is 2.47. The first-order valence-corrected chi connectivity index (χ1v) is 8.39. The van der Waals surface area contributed by atoms with Gasteiger partial charge in [0.05, 0.1) is 0 Å². The zero-order chi connectivity index (χ0) is 15.9. The van der Waals surface area contributed by atoms with Gasteiger partial charge in [-0.3, -0.25) is 0 Å². The fraction of sp³-hybridized carbons (Fsp3) is 0.667. The van der Waals surface area contributed by atoms with Gasteiger partial charge in [-0.2, -0.15) is 0 Å². The molecule has 0 radical (unpaired) electrons. The Balaban J connectivity index is 2.58. The summed E-state index contributed by atoms with van der Waals surface area (Å²) in [7, 11) is 2.21. The van der Waals surface area contributed by atoms with Crippen molar-refractivity contribution in [3.63, 3.8) is 0 Å². The molecule has 1 aromatic carbocycles. The van der Waals surface area contributed by atoms with Crippen LogP contribution in [0.3, 0.4) is 0 Å². The van der Waals surface area contributed by atoms with E-state index >= 15 is 0 Å². The van der Waals surface area contributed by atoms with E-state index in [2.05, 4.69) is 57.1 Å². The summed E-state index contributed by atoms with van der Waals surface area (Å²) >= 11 is 5.94. The first-order valence-electron chi connectivity index (χ1n) is 8.01. The van der Waals surface area contributed by atoms with Crippen molar-refractivity contribution in [1.29, 1.82) is 0 Å². The topological polar surface area (TPSA) is 15.3 Å². The Morgan fingerprint density at radius 2 is 1.86 bits per heavy atom. The van der Waals surface area contributed by atoms with E-state index in [1.165, 1.54) is 18.4 Å². The molecule has 0 aliphatic carbocycles. The molecule has 0 amide bonds. The summed E-state index contributed by atoms with van der Waals surface area (Å²) in [6, 6.07) is 8.71. The van der Waals surface area contributed by atoms with Gasteiger partial charge in [0, 0.05) is 30.7 Å². The van der Waals surface area contributed by atoms with Crippen molar-refractivity contribution in [3.8, 4) is 0 Å². The second kappa shape index (κ2) is 8.77. The predicted molar refractivity (Wildman–Crippen MR) is 93.9 cm³/mol. The van der Waals surface area contributed by atoms with Crippen molar-refractivity contribution in [1.82, 2.24) is 10.2 Å². The van der Waals surface area contributed by atoms with E-state index in [0.717, 1.165) is 24.7 Å². The first kappa shape index (κ1) is 18.5. The Morgan fingerprint density at radius 3 is 2.38 bits per heavy atom. The van der Waals surface area contributed by atoms with Crippen molar-refractivity contribution in [2.24, 2.45) is 5.41 Å². The van der Waals surface area contributed by atoms with Gasteiger partial charge in [0.2, 0.25) is 0 Å². The average Bonchev–Trinajstić information content (AvgIpc) is 2.39. The van der Waals surface area contributed by atoms with Crippen LogP contribution >= 0.6 is 11.6 Å². The van der Waals surface area contributed by atoms with Crippen LogP contribution in [0.4, 0.5) is 0 Å². The van der Waals surface area contributed by atoms with Crippen molar-refractivity contribution < 1.29 is 0 Å². The second-order valence-corrected chi connectivity index (χ2v) is 7.33.